The van der Waals surface area contributed by atoms with Gasteiger partial charge in [0.2, 0.25) is 5.91 Å². The lowest BCUT2D eigenvalue weighted by Crippen LogP contribution is -2.19. The highest BCUT2D eigenvalue weighted by atomic mass is 35.5. The molecule has 0 spiro atoms. The highest BCUT2D eigenvalue weighted by Crippen LogP contribution is 2.20. The predicted octanol–water partition coefficient (Wildman–Crippen LogP) is 1.06. The monoisotopic (exact) mass is 266 g/mol. The van der Waals surface area contributed by atoms with Gasteiger partial charge in [0.05, 0.1) is 23.5 Å². The molecule has 2 aromatic rings. The summed E-state index contributed by atoms with van der Waals surface area (Å²) in [6, 6.07) is 6.96. The number of rotatable bonds is 4. The van der Waals surface area contributed by atoms with Crippen molar-refractivity contribution in [2.75, 3.05) is 5.32 Å². The Hall–Kier alpha value is -1.92. The number of carbonyl (C=O) groups excluding carboxylic acids is 1. The first-order chi connectivity index (χ1) is 8.69. The van der Waals surface area contributed by atoms with Crippen molar-refractivity contribution in [1.82, 2.24) is 15.0 Å². The van der Waals surface area contributed by atoms with Crippen molar-refractivity contribution in [3.05, 3.63) is 41.2 Å². The predicted molar refractivity (Wildman–Crippen MR) is 66.0 cm³/mol. The second-order valence-corrected chi connectivity index (χ2v) is 4.00. The van der Waals surface area contributed by atoms with Crippen molar-refractivity contribution < 1.29 is 9.90 Å². The minimum Gasteiger partial charge on any atom is -0.390 e. The first-order valence-corrected chi connectivity index (χ1v) is 5.61. The van der Waals surface area contributed by atoms with Crippen LogP contribution in [0.4, 0.5) is 5.69 Å². The molecule has 0 aliphatic heterocycles. The second-order valence-electron chi connectivity index (χ2n) is 3.59. The minimum absolute atomic E-state index is 0.0121. The Morgan fingerprint density at radius 1 is 1.44 bits per heavy atom. The number of carbonyl (C=O) groups is 1. The van der Waals surface area contributed by atoms with Crippen molar-refractivity contribution in [3.8, 4) is 0 Å². The molecule has 2 rings (SSSR count). The lowest BCUT2D eigenvalue weighted by Gasteiger charge is -2.06. The van der Waals surface area contributed by atoms with Crippen molar-refractivity contribution >= 4 is 23.2 Å². The molecule has 0 unspecified atom stereocenters. The fourth-order valence-corrected chi connectivity index (χ4v) is 1.57. The molecule has 7 heteroatoms. The van der Waals surface area contributed by atoms with E-state index in [2.05, 4.69) is 15.6 Å². The summed E-state index contributed by atoms with van der Waals surface area (Å²) in [5.74, 6) is -0.266. The zero-order chi connectivity index (χ0) is 13.0. The Morgan fingerprint density at radius 3 is 2.89 bits per heavy atom. The lowest BCUT2D eigenvalue weighted by molar-refractivity contribution is -0.116. The number of hydrogen-bond donors (Lipinski definition) is 2. The summed E-state index contributed by atoms with van der Waals surface area (Å²) in [5, 5.41) is 19.3. The highest BCUT2D eigenvalue weighted by molar-refractivity contribution is 6.33. The van der Waals surface area contributed by atoms with Crippen LogP contribution in [0.15, 0.2) is 30.5 Å². The van der Waals surface area contributed by atoms with Crippen LogP contribution in [0, 0.1) is 0 Å². The Morgan fingerprint density at radius 2 is 2.22 bits per heavy atom. The second kappa shape index (κ2) is 5.61. The van der Waals surface area contributed by atoms with Gasteiger partial charge in [-0.2, -0.15) is 0 Å². The largest absolute Gasteiger partial charge is 0.390 e. The molecule has 1 amide bonds. The third kappa shape index (κ3) is 3.06. The minimum atomic E-state index is -0.266. The fourth-order valence-electron chi connectivity index (χ4n) is 1.39. The highest BCUT2D eigenvalue weighted by Gasteiger charge is 2.07. The Bertz CT molecular complexity index is 555. The van der Waals surface area contributed by atoms with Crippen molar-refractivity contribution in [1.29, 1.82) is 0 Å². The molecule has 0 atom stereocenters. The van der Waals surface area contributed by atoms with Gasteiger partial charge >= 0.3 is 0 Å². The topological polar surface area (TPSA) is 80.0 Å². The van der Waals surface area contributed by atoms with Gasteiger partial charge in [-0.25, -0.2) is 4.68 Å². The maximum absolute atomic E-state index is 11.7. The van der Waals surface area contributed by atoms with Gasteiger partial charge in [-0.05, 0) is 12.1 Å². The molecule has 1 aromatic heterocycles. The van der Waals surface area contributed by atoms with Crippen LogP contribution < -0.4 is 5.32 Å². The summed E-state index contributed by atoms with van der Waals surface area (Å²) in [6.45, 7) is -0.190. The molecule has 0 aliphatic carbocycles. The van der Waals surface area contributed by atoms with Crippen molar-refractivity contribution in [2.24, 2.45) is 0 Å². The molecule has 6 nitrogen and oxygen atoms in total. The summed E-state index contributed by atoms with van der Waals surface area (Å²) in [6.07, 6.45) is 1.51. The number of anilines is 1. The molecular formula is C11H11ClN4O2. The van der Waals surface area contributed by atoms with Gasteiger partial charge in [-0.1, -0.05) is 28.9 Å². The maximum atomic E-state index is 11.7. The van der Waals surface area contributed by atoms with E-state index in [1.807, 2.05) is 0 Å². The van der Waals surface area contributed by atoms with Crippen LogP contribution in [0.1, 0.15) is 5.69 Å². The number of hydrogen-bond acceptors (Lipinski definition) is 4. The standard InChI is InChI=1S/C11H11ClN4O2/c12-9-3-1-2-4-10(9)13-11(18)6-16-5-8(7-17)14-15-16/h1-5,17H,6-7H2,(H,13,18). The van der Waals surface area contributed by atoms with Gasteiger partial charge in [0.25, 0.3) is 0 Å². The number of aliphatic hydroxyl groups is 1. The molecule has 1 aromatic carbocycles. The van der Waals surface area contributed by atoms with Crippen LogP contribution in [-0.2, 0) is 17.9 Å². The SMILES string of the molecule is O=C(Cn1cc(CO)nn1)Nc1ccccc1Cl. The van der Waals surface area contributed by atoms with Crippen LogP contribution in [0.5, 0.6) is 0 Å². The summed E-state index contributed by atoms with van der Waals surface area (Å²) >= 11 is 5.92. The van der Waals surface area contributed by atoms with E-state index in [1.165, 1.54) is 10.9 Å². The van der Waals surface area contributed by atoms with E-state index in [9.17, 15) is 4.79 Å². The van der Waals surface area contributed by atoms with Crippen LogP contribution in [0.3, 0.4) is 0 Å². The third-order valence-electron chi connectivity index (χ3n) is 2.20. The Balaban J connectivity index is 1.99. The number of nitrogens with zero attached hydrogens (tertiary/aromatic N) is 3. The lowest BCUT2D eigenvalue weighted by atomic mass is 10.3. The Labute approximate surface area is 108 Å². The summed E-state index contributed by atoms with van der Waals surface area (Å²) < 4.78 is 1.34. The number of benzene rings is 1. The summed E-state index contributed by atoms with van der Waals surface area (Å²) in [7, 11) is 0. The van der Waals surface area contributed by atoms with Gasteiger partial charge in [0, 0.05) is 0 Å². The molecule has 0 saturated heterocycles. The average molecular weight is 267 g/mol. The van der Waals surface area contributed by atoms with Crippen LogP contribution in [0.25, 0.3) is 0 Å². The average Bonchev–Trinajstić information content (AvgIpc) is 2.80. The summed E-state index contributed by atoms with van der Waals surface area (Å²) in [5.41, 5.74) is 0.965. The van der Waals surface area contributed by atoms with Gasteiger partial charge < -0.3 is 10.4 Å². The smallest absolute Gasteiger partial charge is 0.246 e. The zero-order valence-corrected chi connectivity index (χ0v) is 10.1. The van der Waals surface area contributed by atoms with E-state index in [0.717, 1.165) is 0 Å². The molecule has 18 heavy (non-hydrogen) atoms. The van der Waals surface area contributed by atoms with E-state index in [1.54, 1.807) is 24.3 Å². The third-order valence-corrected chi connectivity index (χ3v) is 2.53. The molecule has 0 aliphatic rings. The van der Waals surface area contributed by atoms with E-state index in [-0.39, 0.29) is 19.1 Å². The molecule has 0 saturated carbocycles. The van der Waals surface area contributed by atoms with Crippen molar-refractivity contribution in [2.45, 2.75) is 13.2 Å². The molecular weight excluding hydrogens is 256 g/mol. The molecule has 1 heterocycles. The zero-order valence-electron chi connectivity index (χ0n) is 9.38. The number of aromatic nitrogens is 3. The number of amides is 1. The fraction of sp³-hybridized carbons (Fsp3) is 0.182. The van der Waals surface area contributed by atoms with Crippen molar-refractivity contribution in [3.63, 3.8) is 0 Å². The number of aliphatic hydroxyl groups excluding tert-OH is 1. The van der Waals surface area contributed by atoms with Gasteiger partial charge in [0.1, 0.15) is 12.2 Å². The van der Waals surface area contributed by atoms with Gasteiger partial charge in [-0.15, -0.1) is 5.10 Å². The molecule has 0 fully saturated rings. The summed E-state index contributed by atoms with van der Waals surface area (Å²) in [4.78, 5) is 11.7. The molecule has 0 bridgehead atoms. The van der Waals surface area contributed by atoms with E-state index < -0.39 is 0 Å². The molecule has 2 N–H and O–H groups in total. The van der Waals surface area contributed by atoms with E-state index >= 15 is 0 Å². The number of para-hydroxylation sites is 1. The number of halogens is 1. The van der Waals surface area contributed by atoms with Gasteiger partial charge in [0.15, 0.2) is 0 Å². The van der Waals surface area contributed by atoms with E-state index in [0.29, 0.717) is 16.4 Å². The molecule has 0 radical (unpaired) electrons. The Kier molecular flexibility index (Phi) is 3.91. The van der Waals surface area contributed by atoms with E-state index in [4.69, 9.17) is 16.7 Å². The van der Waals surface area contributed by atoms with Crippen LogP contribution in [-0.4, -0.2) is 26.0 Å². The van der Waals surface area contributed by atoms with Gasteiger partial charge in [-0.3, -0.25) is 4.79 Å². The first kappa shape index (κ1) is 12.5. The van der Waals surface area contributed by atoms with Crippen LogP contribution >= 0.6 is 11.6 Å². The molecule has 94 valence electrons. The normalized spacial score (nSPS) is 10.3. The van der Waals surface area contributed by atoms with Crippen LogP contribution in [0.2, 0.25) is 5.02 Å². The maximum Gasteiger partial charge on any atom is 0.246 e. The quantitative estimate of drug-likeness (QED) is 0.867. The first-order valence-electron chi connectivity index (χ1n) is 5.23. The number of nitrogens with one attached hydrogen (secondary N) is 1.